The molecule has 2 aliphatic rings. The normalized spacial score (nSPS) is 29.2. The second-order valence-corrected chi connectivity index (χ2v) is 6.54. The minimum Gasteiger partial charge on any atom is -0.375 e. The molecular weight excluding hydrogens is 270 g/mol. The maximum absolute atomic E-state index is 12.4. The predicted molar refractivity (Wildman–Crippen MR) is 79.8 cm³/mol. The van der Waals surface area contributed by atoms with E-state index in [1.165, 1.54) is 20.0 Å². The zero-order valence-corrected chi connectivity index (χ0v) is 13.1. The Kier molecular flexibility index (Phi) is 5.58. The van der Waals surface area contributed by atoms with Gasteiger partial charge in [-0.05, 0) is 31.6 Å². The molecule has 0 radical (unpaired) electrons. The first-order chi connectivity index (χ1) is 9.99. The third-order valence-electron chi connectivity index (χ3n) is 4.36. The van der Waals surface area contributed by atoms with Crippen LogP contribution in [0.15, 0.2) is 0 Å². The number of carbonyl (C=O) groups is 2. The summed E-state index contributed by atoms with van der Waals surface area (Å²) in [6, 6.07) is 0.793. The van der Waals surface area contributed by atoms with E-state index in [-0.39, 0.29) is 30.4 Å². The van der Waals surface area contributed by atoms with Crippen LogP contribution in [0.1, 0.15) is 39.5 Å². The topological polar surface area (TPSA) is 79.5 Å². The van der Waals surface area contributed by atoms with Gasteiger partial charge in [0.1, 0.15) is 12.6 Å². The number of fused-ring (bicyclic) bond motifs is 2. The number of hydrogen-bond donors (Lipinski definition) is 3. The monoisotopic (exact) mass is 297 g/mol. The van der Waals surface area contributed by atoms with Crippen LogP contribution in [0.2, 0.25) is 0 Å². The molecule has 0 aromatic rings. The molecule has 0 aliphatic carbocycles. The second kappa shape index (κ2) is 7.22. The van der Waals surface area contributed by atoms with Gasteiger partial charge in [0.2, 0.25) is 11.8 Å². The summed E-state index contributed by atoms with van der Waals surface area (Å²) in [5.41, 5.74) is 0. The average Bonchev–Trinajstić information content (AvgIpc) is 2.75. The van der Waals surface area contributed by atoms with Gasteiger partial charge in [-0.25, -0.2) is 0 Å². The molecular formula is C15H27N3O3. The summed E-state index contributed by atoms with van der Waals surface area (Å²) in [4.78, 5) is 24.1. The molecule has 2 aliphatic heterocycles. The molecule has 2 rings (SSSR count). The van der Waals surface area contributed by atoms with Crippen LogP contribution in [0.4, 0.5) is 0 Å². The molecule has 2 saturated heterocycles. The van der Waals surface area contributed by atoms with E-state index in [0.717, 1.165) is 12.8 Å². The van der Waals surface area contributed by atoms with Gasteiger partial charge in [0.05, 0.1) is 0 Å². The predicted octanol–water partition coefficient (Wildman–Crippen LogP) is 0.173. The molecule has 120 valence electrons. The quantitative estimate of drug-likeness (QED) is 0.653. The summed E-state index contributed by atoms with van der Waals surface area (Å²) in [5, 5.41) is 9.42. The lowest BCUT2D eigenvalue weighted by Gasteiger charge is -2.31. The molecule has 3 atom stereocenters. The highest BCUT2D eigenvalue weighted by molar-refractivity contribution is 5.88. The number of methoxy groups -OCH3 is 1. The first-order valence-corrected chi connectivity index (χ1v) is 7.84. The molecule has 0 spiro atoms. The molecule has 6 nitrogen and oxygen atoms in total. The molecule has 2 amide bonds. The van der Waals surface area contributed by atoms with E-state index in [1.807, 2.05) is 13.8 Å². The van der Waals surface area contributed by atoms with E-state index in [9.17, 15) is 9.59 Å². The van der Waals surface area contributed by atoms with Crippen LogP contribution in [0.3, 0.4) is 0 Å². The first kappa shape index (κ1) is 16.2. The van der Waals surface area contributed by atoms with E-state index >= 15 is 0 Å². The van der Waals surface area contributed by atoms with Crippen molar-refractivity contribution in [3.63, 3.8) is 0 Å². The molecule has 2 heterocycles. The largest absolute Gasteiger partial charge is 0.375 e. The van der Waals surface area contributed by atoms with E-state index in [0.29, 0.717) is 12.1 Å². The fourth-order valence-electron chi connectivity index (χ4n) is 3.35. The van der Waals surface area contributed by atoms with Crippen molar-refractivity contribution in [3.05, 3.63) is 0 Å². The van der Waals surface area contributed by atoms with Crippen molar-refractivity contribution < 1.29 is 14.3 Å². The lowest BCUT2D eigenvalue weighted by Crippen LogP contribution is -2.55. The Morgan fingerprint density at radius 3 is 2.38 bits per heavy atom. The van der Waals surface area contributed by atoms with Crippen molar-refractivity contribution in [2.75, 3.05) is 13.7 Å². The van der Waals surface area contributed by atoms with Crippen LogP contribution in [-0.4, -0.2) is 49.7 Å². The van der Waals surface area contributed by atoms with Gasteiger partial charge in [-0.3, -0.25) is 9.59 Å². The first-order valence-electron chi connectivity index (χ1n) is 7.84. The Hall–Kier alpha value is -1.14. The highest BCUT2D eigenvalue weighted by atomic mass is 16.5. The zero-order valence-electron chi connectivity index (χ0n) is 13.1. The maximum Gasteiger partial charge on any atom is 0.246 e. The molecule has 3 N–H and O–H groups in total. The van der Waals surface area contributed by atoms with E-state index in [1.54, 1.807) is 0 Å². The molecule has 21 heavy (non-hydrogen) atoms. The Labute approximate surface area is 126 Å². The van der Waals surface area contributed by atoms with Crippen LogP contribution in [0.5, 0.6) is 0 Å². The van der Waals surface area contributed by atoms with E-state index in [2.05, 4.69) is 16.0 Å². The lowest BCUT2D eigenvalue weighted by atomic mass is 9.97. The molecule has 2 unspecified atom stereocenters. The van der Waals surface area contributed by atoms with Gasteiger partial charge in [-0.2, -0.15) is 0 Å². The minimum atomic E-state index is -0.500. The Balaban J connectivity index is 1.87. The van der Waals surface area contributed by atoms with Crippen LogP contribution in [-0.2, 0) is 14.3 Å². The van der Waals surface area contributed by atoms with Crippen molar-refractivity contribution in [1.29, 1.82) is 0 Å². The van der Waals surface area contributed by atoms with Crippen molar-refractivity contribution in [2.45, 2.75) is 63.7 Å². The maximum atomic E-state index is 12.4. The van der Waals surface area contributed by atoms with E-state index in [4.69, 9.17) is 4.74 Å². The zero-order chi connectivity index (χ0) is 15.4. The van der Waals surface area contributed by atoms with Crippen molar-refractivity contribution >= 4 is 11.8 Å². The third-order valence-corrected chi connectivity index (χ3v) is 4.36. The summed E-state index contributed by atoms with van der Waals surface area (Å²) in [6.45, 7) is 3.85. The van der Waals surface area contributed by atoms with Gasteiger partial charge in [0, 0.05) is 25.2 Å². The number of piperidine rings is 1. The van der Waals surface area contributed by atoms with Crippen molar-refractivity contribution in [2.24, 2.45) is 5.92 Å². The summed E-state index contributed by atoms with van der Waals surface area (Å²) in [5.74, 6) is -0.290. The summed E-state index contributed by atoms with van der Waals surface area (Å²) >= 11 is 0. The smallest absolute Gasteiger partial charge is 0.246 e. The Morgan fingerprint density at radius 1 is 1.24 bits per heavy atom. The Bertz CT molecular complexity index is 374. The molecule has 2 bridgehead atoms. The third kappa shape index (κ3) is 4.41. The second-order valence-electron chi connectivity index (χ2n) is 6.54. The number of carbonyl (C=O) groups excluding carboxylic acids is 2. The van der Waals surface area contributed by atoms with Crippen LogP contribution < -0.4 is 16.0 Å². The van der Waals surface area contributed by atoms with Gasteiger partial charge in [-0.15, -0.1) is 0 Å². The van der Waals surface area contributed by atoms with Gasteiger partial charge in [-0.1, -0.05) is 13.8 Å². The average molecular weight is 297 g/mol. The van der Waals surface area contributed by atoms with Gasteiger partial charge < -0.3 is 20.7 Å². The van der Waals surface area contributed by atoms with Gasteiger partial charge in [0.15, 0.2) is 0 Å². The number of amides is 2. The fraction of sp³-hybridized carbons (Fsp3) is 0.867. The van der Waals surface area contributed by atoms with Crippen LogP contribution >= 0.6 is 0 Å². The van der Waals surface area contributed by atoms with Gasteiger partial charge in [0.25, 0.3) is 0 Å². The van der Waals surface area contributed by atoms with Crippen LogP contribution in [0, 0.1) is 5.92 Å². The Morgan fingerprint density at radius 2 is 1.86 bits per heavy atom. The van der Waals surface area contributed by atoms with Crippen LogP contribution in [0.25, 0.3) is 0 Å². The fourth-order valence-corrected chi connectivity index (χ4v) is 3.35. The summed E-state index contributed by atoms with van der Waals surface area (Å²) in [6.07, 6.45) is 4.38. The number of hydrogen-bond acceptors (Lipinski definition) is 4. The van der Waals surface area contributed by atoms with Crippen molar-refractivity contribution in [3.8, 4) is 0 Å². The lowest BCUT2D eigenvalue weighted by molar-refractivity contribution is -0.132. The number of rotatable bonds is 6. The summed E-state index contributed by atoms with van der Waals surface area (Å²) in [7, 11) is 1.47. The molecule has 6 heteroatoms. The molecule has 0 aromatic carbocycles. The highest BCUT2D eigenvalue weighted by Crippen LogP contribution is 2.26. The number of ether oxygens (including phenoxy) is 1. The number of nitrogens with one attached hydrogen (secondary N) is 3. The van der Waals surface area contributed by atoms with Gasteiger partial charge >= 0.3 is 0 Å². The van der Waals surface area contributed by atoms with E-state index < -0.39 is 6.04 Å². The SMILES string of the molecule is COCC(=O)N[C@H](C(=O)NC1CC2CCC(C1)N2)C(C)C. The molecule has 0 saturated carbocycles. The van der Waals surface area contributed by atoms with Crippen molar-refractivity contribution in [1.82, 2.24) is 16.0 Å². The highest BCUT2D eigenvalue weighted by Gasteiger charge is 2.35. The molecule has 2 fully saturated rings. The minimum absolute atomic E-state index is 0.0198. The molecule has 0 aromatic heterocycles. The summed E-state index contributed by atoms with van der Waals surface area (Å²) < 4.78 is 4.80. The standard InChI is InChI=1S/C15H27N3O3/c1-9(2)14(18-13(19)8-21-3)15(20)17-12-6-10-4-5-11(7-12)16-10/h9-12,14,16H,4-8H2,1-3H3,(H,17,20)(H,18,19)/t10?,11?,12?,14-/m0/s1.